The Morgan fingerprint density at radius 2 is 2.35 bits per heavy atom. The van der Waals surface area contributed by atoms with E-state index in [0.29, 0.717) is 13.0 Å². The van der Waals surface area contributed by atoms with Crippen LogP contribution in [0.3, 0.4) is 0 Å². The molecule has 17 heavy (non-hydrogen) atoms. The van der Waals surface area contributed by atoms with Gasteiger partial charge >= 0.3 is 0 Å². The third-order valence-corrected chi connectivity index (χ3v) is 4.29. The van der Waals surface area contributed by atoms with Crippen molar-refractivity contribution in [3.8, 4) is 0 Å². The number of hydrogen-bond acceptors (Lipinski definition) is 2. The number of rotatable bonds is 3. The van der Waals surface area contributed by atoms with Crippen LogP contribution in [0.2, 0.25) is 0 Å². The maximum Gasteiger partial charge on any atom is 0.127 e. The highest BCUT2D eigenvalue weighted by molar-refractivity contribution is 9.10. The quantitative estimate of drug-likeness (QED) is 0.932. The van der Waals surface area contributed by atoms with E-state index in [1.165, 1.54) is 6.07 Å². The van der Waals surface area contributed by atoms with E-state index in [9.17, 15) is 4.39 Å². The highest BCUT2D eigenvalue weighted by Gasteiger charge is 2.40. The Morgan fingerprint density at radius 3 is 2.88 bits per heavy atom. The molecule has 1 saturated heterocycles. The van der Waals surface area contributed by atoms with Crippen molar-refractivity contribution < 1.29 is 9.13 Å². The normalized spacial score (nSPS) is 28.6. The summed E-state index contributed by atoms with van der Waals surface area (Å²) < 4.78 is 20.2. The largest absolute Gasteiger partial charge is 0.378 e. The van der Waals surface area contributed by atoms with E-state index in [1.54, 1.807) is 0 Å². The first kappa shape index (κ1) is 13.0. The van der Waals surface area contributed by atoms with E-state index in [0.717, 1.165) is 23.1 Å². The van der Waals surface area contributed by atoms with E-state index in [2.05, 4.69) is 15.9 Å². The van der Waals surface area contributed by atoms with Crippen LogP contribution in [-0.2, 0) is 11.2 Å². The van der Waals surface area contributed by atoms with Gasteiger partial charge in [-0.05, 0) is 37.5 Å². The molecule has 2 unspecified atom stereocenters. The molecule has 1 aliphatic rings. The van der Waals surface area contributed by atoms with Gasteiger partial charge in [-0.1, -0.05) is 22.0 Å². The van der Waals surface area contributed by atoms with Crippen molar-refractivity contribution >= 4 is 15.9 Å². The van der Waals surface area contributed by atoms with Crippen LogP contribution in [0.1, 0.15) is 18.9 Å². The van der Waals surface area contributed by atoms with Gasteiger partial charge < -0.3 is 10.5 Å². The van der Waals surface area contributed by atoms with Crippen LogP contribution in [0.5, 0.6) is 0 Å². The molecule has 1 aromatic rings. The second-order valence-corrected chi connectivity index (χ2v) is 5.66. The summed E-state index contributed by atoms with van der Waals surface area (Å²) in [4.78, 5) is 0. The lowest BCUT2D eigenvalue weighted by Crippen LogP contribution is -2.39. The Kier molecular flexibility index (Phi) is 3.85. The lowest BCUT2D eigenvalue weighted by atomic mass is 9.76. The number of nitrogens with two attached hydrogens (primary N) is 1. The number of hydrogen-bond donors (Lipinski definition) is 1. The van der Waals surface area contributed by atoms with Gasteiger partial charge in [0.15, 0.2) is 0 Å². The molecular formula is C13H17BrFNO. The fourth-order valence-electron chi connectivity index (χ4n) is 2.44. The Bertz CT molecular complexity index is 412. The Balaban J connectivity index is 2.24. The van der Waals surface area contributed by atoms with E-state index in [-0.39, 0.29) is 17.3 Å². The molecule has 0 aliphatic carbocycles. The van der Waals surface area contributed by atoms with Gasteiger partial charge in [0.25, 0.3) is 0 Å². The van der Waals surface area contributed by atoms with Crippen molar-refractivity contribution in [2.24, 2.45) is 11.1 Å². The lowest BCUT2D eigenvalue weighted by Gasteiger charge is -2.31. The first-order valence-corrected chi connectivity index (χ1v) is 6.62. The van der Waals surface area contributed by atoms with E-state index < -0.39 is 0 Å². The first-order valence-electron chi connectivity index (χ1n) is 5.83. The zero-order chi connectivity index (χ0) is 12.5. The van der Waals surface area contributed by atoms with Gasteiger partial charge in [0.05, 0.1) is 6.10 Å². The molecule has 4 heteroatoms. The summed E-state index contributed by atoms with van der Waals surface area (Å²) in [5.74, 6) is -0.175. The molecule has 0 radical (unpaired) electrons. The van der Waals surface area contributed by atoms with E-state index >= 15 is 0 Å². The molecule has 0 aromatic heterocycles. The average molecular weight is 302 g/mol. The summed E-state index contributed by atoms with van der Waals surface area (Å²) in [6.45, 7) is 3.27. The molecule has 2 atom stereocenters. The van der Waals surface area contributed by atoms with Crippen LogP contribution in [-0.4, -0.2) is 19.3 Å². The molecular weight excluding hydrogens is 285 g/mol. The molecule has 2 nitrogen and oxygen atoms in total. The minimum Gasteiger partial charge on any atom is -0.378 e. The summed E-state index contributed by atoms with van der Waals surface area (Å²) in [5.41, 5.74) is 6.48. The van der Waals surface area contributed by atoms with Crippen LogP contribution in [0.4, 0.5) is 4.39 Å². The summed E-state index contributed by atoms with van der Waals surface area (Å²) in [6.07, 6.45) is 1.64. The van der Waals surface area contributed by atoms with Crippen molar-refractivity contribution in [1.29, 1.82) is 0 Å². The summed E-state index contributed by atoms with van der Waals surface area (Å²) in [5, 5.41) is 0. The predicted octanol–water partition coefficient (Wildman–Crippen LogP) is 2.88. The molecule has 2 rings (SSSR count). The first-order chi connectivity index (χ1) is 8.07. The molecule has 1 heterocycles. The zero-order valence-corrected chi connectivity index (χ0v) is 11.5. The van der Waals surface area contributed by atoms with Gasteiger partial charge in [-0.2, -0.15) is 0 Å². The molecule has 0 saturated carbocycles. The van der Waals surface area contributed by atoms with Gasteiger partial charge in [0.1, 0.15) is 5.82 Å². The van der Waals surface area contributed by atoms with Crippen LogP contribution < -0.4 is 5.73 Å². The van der Waals surface area contributed by atoms with Crippen LogP contribution >= 0.6 is 15.9 Å². The lowest BCUT2D eigenvalue weighted by molar-refractivity contribution is 0.0670. The molecule has 0 bridgehead atoms. The number of benzene rings is 1. The topological polar surface area (TPSA) is 35.2 Å². The Morgan fingerprint density at radius 1 is 1.59 bits per heavy atom. The maximum atomic E-state index is 13.8. The van der Waals surface area contributed by atoms with Crippen LogP contribution in [0.25, 0.3) is 0 Å². The second kappa shape index (κ2) is 5.04. The fourth-order valence-corrected chi connectivity index (χ4v) is 2.77. The summed E-state index contributed by atoms with van der Waals surface area (Å²) in [7, 11) is 0. The zero-order valence-electron chi connectivity index (χ0n) is 9.88. The highest BCUT2D eigenvalue weighted by Crippen LogP contribution is 2.38. The van der Waals surface area contributed by atoms with E-state index in [1.807, 2.05) is 19.1 Å². The van der Waals surface area contributed by atoms with Crippen molar-refractivity contribution in [2.45, 2.75) is 25.9 Å². The maximum absolute atomic E-state index is 13.8. The Labute approximate surface area is 109 Å². The minimum atomic E-state index is -0.175. The number of halogens is 2. The second-order valence-electron chi connectivity index (χ2n) is 4.74. The molecule has 1 aromatic carbocycles. The van der Waals surface area contributed by atoms with Crippen molar-refractivity contribution in [3.05, 3.63) is 34.1 Å². The number of ether oxygens (including phenoxy) is 1. The van der Waals surface area contributed by atoms with Gasteiger partial charge in [0.2, 0.25) is 0 Å². The van der Waals surface area contributed by atoms with E-state index in [4.69, 9.17) is 10.5 Å². The Hall–Kier alpha value is -0.450. The third kappa shape index (κ3) is 2.54. The van der Waals surface area contributed by atoms with Crippen LogP contribution in [0, 0.1) is 11.2 Å². The summed E-state index contributed by atoms with van der Waals surface area (Å²) in [6, 6.07) is 5.19. The van der Waals surface area contributed by atoms with Crippen molar-refractivity contribution in [3.63, 3.8) is 0 Å². The molecule has 94 valence electrons. The summed E-state index contributed by atoms with van der Waals surface area (Å²) >= 11 is 3.26. The monoisotopic (exact) mass is 301 g/mol. The third-order valence-electron chi connectivity index (χ3n) is 3.79. The van der Waals surface area contributed by atoms with Crippen molar-refractivity contribution in [1.82, 2.24) is 0 Å². The fraction of sp³-hybridized carbons (Fsp3) is 0.538. The molecule has 1 fully saturated rings. The van der Waals surface area contributed by atoms with Gasteiger partial charge in [0, 0.05) is 23.0 Å². The molecule has 1 aliphatic heterocycles. The predicted molar refractivity (Wildman–Crippen MR) is 69.3 cm³/mol. The molecule has 0 spiro atoms. The van der Waals surface area contributed by atoms with Gasteiger partial charge in [-0.3, -0.25) is 0 Å². The van der Waals surface area contributed by atoms with Gasteiger partial charge in [-0.15, -0.1) is 0 Å². The van der Waals surface area contributed by atoms with Crippen molar-refractivity contribution in [2.75, 3.05) is 13.2 Å². The highest BCUT2D eigenvalue weighted by atomic mass is 79.9. The average Bonchev–Trinajstić information content (AvgIpc) is 2.65. The molecule has 0 amide bonds. The van der Waals surface area contributed by atoms with Gasteiger partial charge in [-0.25, -0.2) is 4.39 Å². The standard InChI is InChI=1S/C13H17BrFNO/c1-9-13(8-16,4-5-17-9)7-10-2-3-11(14)6-12(10)15/h2-3,6,9H,4-5,7-8,16H2,1H3. The SMILES string of the molecule is CC1OCCC1(CN)Cc1ccc(Br)cc1F. The minimum absolute atomic E-state index is 0.0931. The smallest absolute Gasteiger partial charge is 0.127 e. The van der Waals surface area contributed by atoms with Crippen LogP contribution in [0.15, 0.2) is 22.7 Å². The molecule has 2 N–H and O–H groups in total.